The number of hydrogen-bond acceptors (Lipinski definition) is 12. The van der Waals surface area contributed by atoms with Gasteiger partial charge in [0, 0.05) is 117 Å². The second kappa shape index (κ2) is 16.7. The predicted octanol–water partition coefficient (Wildman–Crippen LogP) is 11.3. The molecule has 16 nitrogen and oxygen atoms in total. The quantitative estimate of drug-likeness (QED) is 0.0823. The predicted molar refractivity (Wildman–Crippen MR) is 268 cm³/mol. The molecule has 1 amide bonds. The Kier molecular flexibility index (Phi) is 9.95. The SMILES string of the molecule is CCC(=O)Nc1cncc(-c2cc3c(-c4cc5c(-c6cocc6-c6nc(-c7cncc(CN8CCC(F)(F)C8)c7)cc7c(-c8cc9c(-c%10ccsc%10)nccc9[nH]8)n[nH]c67)nccc5[nH]4)n[nH]c3cn2)c1. The fourth-order valence-corrected chi connectivity index (χ4v) is 10.2. The lowest BCUT2D eigenvalue weighted by atomic mass is 10.00. The van der Waals surface area contributed by atoms with E-state index >= 15 is 0 Å². The number of pyridine rings is 6. The molecular formula is C52H38F2N14O2S. The lowest BCUT2D eigenvalue weighted by Crippen LogP contribution is -2.24. The monoisotopic (exact) mass is 960 g/mol. The summed E-state index contributed by atoms with van der Waals surface area (Å²) in [6, 6.07) is 17.7. The summed E-state index contributed by atoms with van der Waals surface area (Å²) >= 11 is 1.61. The van der Waals surface area contributed by atoms with Crippen molar-refractivity contribution in [2.24, 2.45) is 0 Å². The summed E-state index contributed by atoms with van der Waals surface area (Å²) in [5.74, 6) is -2.82. The van der Waals surface area contributed by atoms with Crippen molar-refractivity contribution in [2.45, 2.75) is 32.2 Å². The Bertz CT molecular complexity index is 4020. The molecular weight excluding hydrogens is 923 g/mol. The van der Waals surface area contributed by atoms with E-state index in [0.717, 1.165) is 71.9 Å². The van der Waals surface area contributed by atoms with Crippen molar-refractivity contribution in [3.8, 4) is 79.1 Å². The molecule has 71 heavy (non-hydrogen) atoms. The van der Waals surface area contributed by atoms with Crippen molar-refractivity contribution in [2.75, 3.05) is 18.4 Å². The van der Waals surface area contributed by atoms with Gasteiger partial charge in [0.2, 0.25) is 5.91 Å². The van der Waals surface area contributed by atoms with Gasteiger partial charge in [-0.2, -0.15) is 21.5 Å². The third-order valence-corrected chi connectivity index (χ3v) is 13.6. The molecule has 0 saturated carbocycles. The molecule has 5 N–H and O–H groups in total. The van der Waals surface area contributed by atoms with Crippen molar-refractivity contribution < 1.29 is 18.0 Å². The summed E-state index contributed by atoms with van der Waals surface area (Å²) in [6.45, 7) is 2.13. The van der Waals surface area contributed by atoms with E-state index in [1.807, 2.05) is 47.8 Å². The molecule has 0 unspecified atom stereocenters. The van der Waals surface area contributed by atoms with Crippen molar-refractivity contribution >= 4 is 66.5 Å². The zero-order valence-corrected chi connectivity index (χ0v) is 38.4. The van der Waals surface area contributed by atoms with E-state index in [4.69, 9.17) is 29.6 Å². The number of nitrogens with zero attached hydrogens (tertiary/aromatic N) is 9. The van der Waals surface area contributed by atoms with Gasteiger partial charge in [-0.3, -0.25) is 44.8 Å². The van der Waals surface area contributed by atoms with E-state index in [2.05, 4.69) is 57.9 Å². The van der Waals surface area contributed by atoms with Gasteiger partial charge in [0.05, 0.1) is 75.4 Å². The lowest BCUT2D eigenvalue weighted by molar-refractivity contribution is -0.115. The Morgan fingerprint density at radius 1 is 0.732 bits per heavy atom. The first-order valence-electron chi connectivity index (χ1n) is 22.8. The topological polar surface area (TPSA) is 212 Å². The largest absolute Gasteiger partial charge is 0.471 e. The molecule has 12 aromatic rings. The number of likely N-dealkylation sites (tertiary alicyclic amines) is 1. The number of thiophene rings is 1. The maximum Gasteiger partial charge on any atom is 0.261 e. The Labute approximate surface area is 404 Å². The second-order valence-corrected chi connectivity index (χ2v) is 18.4. The molecule has 0 atom stereocenters. The van der Waals surface area contributed by atoms with E-state index in [9.17, 15) is 13.6 Å². The van der Waals surface area contributed by atoms with Crippen LogP contribution in [0.2, 0.25) is 0 Å². The number of hydrogen-bond donors (Lipinski definition) is 5. The highest BCUT2D eigenvalue weighted by molar-refractivity contribution is 7.08. The summed E-state index contributed by atoms with van der Waals surface area (Å²) in [4.78, 5) is 49.6. The number of carbonyl (C=O) groups excluding carboxylic acids is 1. The lowest BCUT2D eigenvalue weighted by Gasteiger charge is -2.16. The summed E-state index contributed by atoms with van der Waals surface area (Å²) in [6.07, 6.45) is 15.5. The minimum absolute atomic E-state index is 0.108. The van der Waals surface area contributed by atoms with Gasteiger partial charge >= 0.3 is 0 Å². The number of aromatic amines is 4. The standard InChI is InChI=1S/C52H38F2N14O2S/c1-2-45(69)60-31-12-30(19-56-20-31)40-13-34-44(21-59-40)64-65-48(34)42-15-33-39(62-42)4-8-58-47(33)36-23-70-24-37(36)50-51-35(16-41(63-50)29-11-27(17-55-18-29)22-68-9-6-52(53,54)26-68)49(66-67-51)43-14-32-38(61-43)3-7-57-46(32)28-5-10-71-25-28/h3-5,7-8,10-21,23-25,61-62H,2,6,9,22,26H2,1H3,(H,60,69)(H,64,65)(H,66,67). The molecule has 348 valence electrons. The number of rotatable bonds is 11. The van der Waals surface area contributed by atoms with Crippen LogP contribution in [0.25, 0.3) is 123 Å². The molecule has 0 spiro atoms. The maximum absolute atomic E-state index is 14.2. The van der Waals surface area contributed by atoms with E-state index in [-0.39, 0.29) is 18.9 Å². The molecule has 0 radical (unpaired) electrons. The van der Waals surface area contributed by atoms with Gasteiger partial charge in [0.25, 0.3) is 5.92 Å². The second-order valence-electron chi connectivity index (χ2n) is 17.6. The molecule has 0 aliphatic carbocycles. The van der Waals surface area contributed by atoms with Crippen LogP contribution in [0, 0.1) is 0 Å². The highest BCUT2D eigenvalue weighted by atomic mass is 32.1. The van der Waals surface area contributed by atoms with Crippen LogP contribution in [0.4, 0.5) is 14.5 Å². The Morgan fingerprint density at radius 2 is 1.44 bits per heavy atom. The van der Waals surface area contributed by atoms with Crippen LogP contribution in [0.5, 0.6) is 0 Å². The Hall–Kier alpha value is -8.81. The zero-order chi connectivity index (χ0) is 47.8. The average Bonchev–Trinajstić information content (AvgIpc) is 4.25. The normalized spacial score (nSPS) is 13.9. The number of furan rings is 1. The first-order valence-corrected chi connectivity index (χ1v) is 23.7. The van der Waals surface area contributed by atoms with Gasteiger partial charge in [-0.05, 0) is 65.5 Å². The molecule has 1 aliphatic heterocycles. The van der Waals surface area contributed by atoms with Gasteiger partial charge in [-0.15, -0.1) is 0 Å². The van der Waals surface area contributed by atoms with Crippen LogP contribution in [-0.2, 0) is 11.3 Å². The number of aromatic nitrogens is 12. The molecule has 1 fully saturated rings. The molecule has 1 saturated heterocycles. The van der Waals surface area contributed by atoms with Gasteiger partial charge < -0.3 is 19.7 Å². The van der Waals surface area contributed by atoms with Crippen LogP contribution in [-0.4, -0.2) is 90.1 Å². The molecule has 0 aromatic carbocycles. The number of anilines is 1. The number of amides is 1. The first-order chi connectivity index (χ1) is 34.7. The van der Waals surface area contributed by atoms with E-state index in [1.165, 1.54) is 0 Å². The van der Waals surface area contributed by atoms with Crippen LogP contribution in [0.15, 0.2) is 126 Å². The highest BCUT2D eigenvalue weighted by Gasteiger charge is 2.38. The van der Waals surface area contributed by atoms with Crippen molar-refractivity contribution in [1.29, 1.82) is 0 Å². The minimum Gasteiger partial charge on any atom is -0.471 e. The highest BCUT2D eigenvalue weighted by Crippen LogP contribution is 2.43. The number of fused-ring (bicyclic) bond motifs is 4. The number of carbonyl (C=O) groups is 1. The van der Waals surface area contributed by atoms with Crippen LogP contribution >= 0.6 is 11.3 Å². The Morgan fingerprint density at radius 3 is 2.20 bits per heavy atom. The summed E-state index contributed by atoms with van der Waals surface area (Å²) in [5, 5.41) is 26.4. The molecule has 12 aromatic heterocycles. The van der Waals surface area contributed by atoms with E-state index in [0.29, 0.717) is 81.6 Å². The third-order valence-electron chi connectivity index (χ3n) is 13.0. The molecule has 19 heteroatoms. The number of halogens is 2. The van der Waals surface area contributed by atoms with Crippen molar-refractivity contribution in [3.63, 3.8) is 0 Å². The molecule has 13 heterocycles. The van der Waals surface area contributed by atoms with Crippen molar-refractivity contribution in [1.82, 2.24) is 65.2 Å². The van der Waals surface area contributed by atoms with E-state index in [1.54, 1.807) is 79.1 Å². The number of nitrogens with one attached hydrogen (secondary N) is 5. The number of H-pyrrole nitrogens is 4. The Balaban J connectivity index is 0.922. The molecule has 13 rings (SSSR count). The first kappa shape index (κ1) is 42.3. The fraction of sp³-hybridized carbons (Fsp3) is 0.135. The number of alkyl halides is 2. The van der Waals surface area contributed by atoms with Crippen LogP contribution < -0.4 is 5.32 Å². The van der Waals surface area contributed by atoms with Crippen molar-refractivity contribution in [3.05, 3.63) is 127 Å². The van der Waals surface area contributed by atoms with Gasteiger partial charge in [-0.25, -0.2) is 13.8 Å². The molecule has 0 bridgehead atoms. The zero-order valence-electron chi connectivity index (χ0n) is 37.6. The minimum atomic E-state index is -2.71. The summed E-state index contributed by atoms with van der Waals surface area (Å²) in [5.41, 5.74) is 14.5. The third kappa shape index (κ3) is 7.58. The van der Waals surface area contributed by atoms with Gasteiger partial charge in [0.15, 0.2) is 0 Å². The van der Waals surface area contributed by atoms with Crippen LogP contribution in [0.3, 0.4) is 0 Å². The molecule has 1 aliphatic rings. The fourth-order valence-electron chi connectivity index (χ4n) is 9.53. The van der Waals surface area contributed by atoms with Gasteiger partial charge in [-0.1, -0.05) is 6.92 Å². The van der Waals surface area contributed by atoms with Crippen LogP contribution in [0.1, 0.15) is 25.3 Å². The summed E-state index contributed by atoms with van der Waals surface area (Å²) in [7, 11) is 0. The summed E-state index contributed by atoms with van der Waals surface area (Å²) < 4.78 is 34.5. The maximum atomic E-state index is 14.2. The smallest absolute Gasteiger partial charge is 0.261 e. The average molecular weight is 961 g/mol. The van der Waals surface area contributed by atoms with E-state index < -0.39 is 5.92 Å². The van der Waals surface area contributed by atoms with Gasteiger partial charge in [0.1, 0.15) is 29.6 Å².